The molecule has 0 saturated heterocycles. The molecule has 2 unspecified atom stereocenters. The molecule has 1 aliphatic carbocycles. The number of thioether (sulfide) groups is 1. The monoisotopic (exact) mass is 322 g/mol. The first kappa shape index (κ1) is 14.9. The number of fused-ring (bicyclic) bond motifs is 1. The third-order valence-corrected chi connectivity index (χ3v) is 6.48. The van der Waals surface area contributed by atoms with Crippen LogP contribution < -0.4 is 11.1 Å². The molecule has 6 heteroatoms. The summed E-state index contributed by atoms with van der Waals surface area (Å²) >= 11 is 3.68. The fourth-order valence-corrected chi connectivity index (χ4v) is 4.90. The maximum Gasteiger partial charge on any atom is 0.223 e. The molecule has 114 valence electrons. The van der Waals surface area contributed by atoms with Crippen molar-refractivity contribution in [2.75, 3.05) is 17.3 Å². The molecule has 0 aliphatic heterocycles. The van der Waals surface area contributed by atoms with Crippen molar-refractivity contribution in [1.29, 1.82) is 0 Å². The van der Waals surface area contributed by atoms with Gasteiger partial charge in [0.25, 0.3) is 0 Å². The van der Waals surface area contributed by atoms with Crippen molar-refractivity contribution in [3.8, 4) is 0 Å². The molecule has 0 radical (unpaired) electrons. The second-order valence-corrected chi connectivity index (χ2v) is 7.72. The predicted molar refractivity (Wildman–Crippen MR) is 94.4 cm³/mol. The molecule has 1 aliphatic rings. The molecule has 2 aromatic rings. The molecule has 3 N–H and O–H groups in total. The maximum absolute atomic E-state index is 5.89. The molecule has 0 aromatic carbocycles. The minimum atomic E-state index is 0.367. The highest BCUT2D eigenvalue weighted by Crippen LogP contribution is 2.33. The lowest BCUT2D eigenvalue weighted by molar-refractivity contribution is 0.474. The standard InChI is InChI=1S/C15H22N4S2/c1-3-9-8-10-13(18-15(16)19-14(10)21-9)17-11-6-4-5-7-12(11)20-2/h8,11-12H,3-7H2,1-2H3,(H3,16,17,18,19). The minimum absolute atomic E-state index is 0.367. The van der Waals surface area contributed by atoms with Gasteiger partial charge >= 0.3 is 0 Å². The first-order valence-electron chi connectivity index (χ1n) is 7.56. The average molecular weight is 323 g/mol. The molecular formula is C15H22N4S2. The van der Waals surface area contributed by atoms with Crippen molar-refractivity contribution >= 4 is 45.1 Å². The van der Waals surface area contributed by atoms with Gasteiger partial charge in [0, 0.05) is 16.2 Å². The van der Waals surface area contributed by atoms with Crippen LogP contribution in [0.25, 0.3) is 10.2 Å². The van der Waals surface area contributed by atoms with E-state index < -0.39 is 0 Å². The lowest BCUT2D eigenvalue weighted by Gasteiger charge is -2.31. The molecule has 2 aromatic heterocycles. The third kappa shape index (κ3) is 3.11. The van der Waals surface area contributed by atoms with Crippen molar-refractivity contribution < 1.29 is 0 Å². The number of nitrogens with one attached hydrogen (secondary N) is 1. The van der Waals surface area contributed by atoms with Gasteiger partial charge in [-0.1, -0.05) is 19.8 Å². The number of anilines is 2. The lowest BCUT2D eigenvalue weighted by atomic mass is 9.95. The van der Waals surface area contributed by atoms with Crippen LogP contribution in [0.1, 0.15) is 37.5 Å². The summed E-state index contributed by atoms with van der Waals surface area (Å²) in [6.07, 6.45) is 8.35. The van der Waals surface area contributed by atoms with E-state index >= 15 is 0 Å². The fraction of sp³-hybridized carbons (Fsp3) is 0.600. The topological polar surface area (TPSA) is 63.8 Å². The van der Waals surface area contributed by atoms with Crippen molar-refractivity contribution in [1.82, 2.24) is 9.97 Å². The highest BCUT2D eigenvalue weighted by Gasteiger charge is 2.25. The van der Waals surface area contributed by atoms with Crippen molar-refractivity contribution in [3.05, 3.63) is 10.9 Å². The van der Waals surface area contributed by atoms with E-state index in [4.69, 9.17) is 5.73 Å². The zero-order valence-electron chi connectivity index (χ0n) is 12.6. The molecule has 21 heavy (non-hydrogen) atoms. The molecule has 2 atom stereocenters. The molecular weight excluding hydrogens is 300 g/mol. The zero-order chi connectivity index (χ0) is 14.8. The van der Waals surface area contributed by atoms with Crippen molar-refractivity contribution in [2.24, 2.45) is 0 Å². The van der Waals surface area contributed by atoms with Crippen LogP contribution in [0.2, 0.25) is 0 Å². The van der Waals surface area contributed by atoms with E-state index in [-0.39, 0.29) is 0 Å². The molecule has 3 rings (SSSR count). The highest BCUT2D eigenvalue weighted by molar-refractivity contribution is 7.99. The number of rotatable bonds is 4. The predicted octanol–water partition coefficient (Wildman–Crippen LogP) is 3.92. The van der Waals surface area contributed by atoms with Crippen LogP contribution in [-0.4, -0.2) is 27.5 Å². The maximum atomic E-state index is 5.89. The number of hydrogen-bond acceptors (Lipinski definition) is 6. The van der Waals surface area contributed by atoms with Crippen LogP contribution in [0.4, 0.5) is 11.8 Å². The Morgan fingerprint density at radius 1 is 1.38 bits per heavy atom. The van der Waals surface area contributed by atoms with Gasteiger partial charge in [-0.3, -0.25) is 0 Å². The first-order chi connectivity index (χ1) is 10.2. The molecule has 0 amide bonds. The average Bonchev–Trinajstić information content (AvgIpc) is 2.91. The van der Waals surface area contributed by atoms with Crippen LogP contribution in [0.3, 0.4) is 0 Å². The van der Waals surface area contributed by atoms with E-state index in [9.17, 15) is 0 Å². The summed E-state index contributed by atoms with van der Waals surface area (Å²) < 4.78 is 0. The van der Waals surface area contributed by atoms with Crippen LogP contribution >= 0.6 is 23.1 Å². The SMILES string of the molecule is CCc1cc2c(NC3CCCCC3SC)nc(N)nc2s1. The van der Waals surface area contributed by atoms with E-state index in [1.165, 1.54) is 30.6 Å². The summed E-state index contributed by atoms with van der Waals surface area (Å²) in [6.45, 7) is 2.17. The summed E-state index contributed by atoms with van der Waals surface area (Å²) in [7, 11) is 0. The largest absolute Gasteiger partial charge is 0.368 e. The Kier molecular flexibility index (Phi) is 4.54. The van der Waals surface area contributed by atoms with Crippen molar-refractivity contribution in [3.63, 3.8) is 0 Å². The molecule has 4 nitrogen and oxygen atoms in total. The summed E-state index contributed by atoms with van der Waals surface area (Å²) in [5, 5.41) is 5.44. The van der Waals surface area contributed by atoms with Gasteiger partial charge in [-0.05, 0) is 31.6 Å². The Morgan fingerprint density at radius 3 is 2.95 bits per heavy atom. The Morgan fingerprint density at radius 2 is 2.19 bits per heavy atom. The summed E-state index contributed by atoms with van der Waals surface area (Å²) in [5.74, 6) is 1.28. The molecule has 2 heterocycles. The van der Waals surface area contributed by atoms with Crippen LogP contribution in [0, 0.1) is 0 Å². The molecule has 1 fully saturated rings. The van der Waals surface area contributed by atoms with Gasteiger partial charge in [0.2, 0.25) is 5.95 Å². The Labute approximate surface area is 133 Å². The van der Waals surface area contributed by atoms with E-state index in [0.717, 1.165) is 22.5 Å². The summed E-state index contributed by atoms with van der Waals surface area (Å²) in [4.78, 5) is 11.2. The number of nitrogen functional groups attached to an aromatic ring is 1. The minimum Gasteiger partial charge on any atom is -0.368 e. The van der Waals surface area contributed by atoms with Gasteiger partial charge < -0.3 is 11.1 Å². The van der Waals surface area contributed by atoms with Gasteiger partial charge in [0.15, 0.2) is 0 Å². The Hall–Kier alpha value is -1.01. The quantitative estimate of drug-likeness (QED) is 0.893. The van der Waals surface area contributed by atoms with Crippen LogP contribution in [0.15, 0.2) is 6.07 Å². The number of nitrogens with two attached hydrogens (primary N) is 1. The molecule has 0 bridgehead atoms. The Bertz CT molecular complexity index is 625. The number of hydrogen-bond donors (Lipinski definition) is 2. The number of nitrogens with zero attached hydrogens (tertiary/aromatic N) is 2. The second kappa shape index (κ2) is 6.40. The highest BCUT2D eigenvalue weighted by atomic mass is 32.2. The van der Waals surface area contributed by atoms with E-state index in [2.05, 4.69) is 34.5 Å². The van der Waals surface area contributed by atoms with E-state index in [1.54, 1.807) is 11.3 Å². The molecule has 1 saturated carbocycles. The number of aromatic nitrogens is 2. The zero-order valence-corrected chi connectivity index (χ0v) is 14.2. The lowest BCUT2D eigenvalue weighted by Crippen LogP contribution is -2.34. The Balaban J connectivity index is 1.93. The van der Waals surface area contributed by atoms with Gasteiger partial charge in [-0.25, -0.2) is 4.98 Å². The van der Waals surface area contributed by atoms with Crippen LogP contribution in [0.5, 0.6) is 0 Å². The summed E-state index contributed by atoms with van der Waals surface area (Å²) in [6, 6.07) is 2.69. The molecule has 0 spiro atoms. The van der Waals surface area contributed by atoms with Gasteiger partial charge in [0.05, 0.1) is 5.39 Å². The van der Waals surface area contributed by atoms with Gasteiger partial charge in [0.1, 0.15) is 10.6 Å². The van der Waals surface area contributed by atoms with E-state index in [0.29, 0.717) is 17.2 Å². The number of thiophene rings is 1. The van der Waals surface area contributed by atoms with Gasteiger partial charge in [-0.2, -0.15) is 16.7 Å². The first-order valence-corrected chi connectivity index (χ1v) is 9.67. The second-order valence-electron chi connectivity index (χ2n) is 5.52. The van der Waals surface area contributed by atoms with Crippen LogP contribution in [-0.2, 0) is 6.42 Å². The smallest absolute Gasteiger partial charge is 0.223 e. The normalized spacial score (nSPS) is 22.6. The van der Waals surface area contributed by atoms with Crippen molar-refractivity contribution in [2.45, 2.75) is 50.3 Å². The fourth-order valence-electron chi connectivity index (χ4n) is 2.99. The van der Waals surface area contributed by atoms with E-state index in [1.807, 2.05) is 11.8 Å². The van der Waals surface area contributed by atoms with Gasteiger partial charge in [-0.15, -0.1) is 11.3 Å². The third-order valence-electron chi connectivity index (χ3n) is 4.14. The number of aryl methyl sites for hydroxylation is 1. The summed E-state index contributed by atoms with van der Waals surface area (Å²) in [5.41, 5.74) is 5.89.